The third kappa shape index (κ3) is 7.85. The molecule has 0 spiro atoms. The average molecular weight is 311 g/mol. The van der Waals surface area contributed by atoms with E-state index in [1.165, 1.54) is 15.3 Å². The molecular weight excluding hydrogens is 286 g/mol. The monoisotopic (exact) mass is 311 g/mol. The van der Waals surface area contributed by atoms with Crippen LogP contribution in [0.2, 0.25) is 0 Å². The van der Waals surface area contributed by atoms with Crippen LogP contribution >= 0.6 is 11.3 Å². The van der Waals surface area contributed by atoms with E-state index in [1.54, 1.807) is 0 Å². The standard InChI is InChI=1S/C16H25NO3S/c1-12-11-14(13(2)21-12)7-6-8-15(18)17-10-5-3-4-9-16(19)20/h11H,3-10H2,1-2H3,(H,17,18)(H,19,20). The molecule has 21 heavy (non-hydrogen) atoms. The van der Waals surface area contributed by atoms with Crippen LogP contribution < -0.4 is 5.32 Å². The lowest BCUT2D eigenvalue weighted by atomic mass is 10.1. The van der Waals surface area contributed by atoms with Crippen molar-refractivity contribution in [2.24, 2.45) is 0 Å². The van der Waals surface area contributed by atoms with E-state index in [2.05, 4.69) is 25.2 Å². The first-order chi connectivity index (χ1) is 9.99. The molecule has 0 aliphatic rings. The third-order valence-corrected chi connectivity index (χ3v) is 4.39. The summed E-state index contributed by atoms with van der Waals surface area (Å²) in [6.07, 6.45) is 4.99. The van der Waals surface area contributed by atoms with Gasteiger partial charge < -0.3 is 10.4 Å². The van der Waals surface area contributed by atoms with Crippen molar-refractivity contribution in [1.82, 2.24) is 5.32 Å². The fraction of sp³-hybridized carbons (Fsp3) is 0.625. The Hall–Kier alpha value is -1.36. The van der Waals surface area contributed by atoms with E-state index < -0.39 is 5.97 Å². The molecule has 4 nitrogen and oxygen atoms in total. The number of amides is 1. The summed E-state index contributed by atoms with van der Waals surface area (Å²) in [7, 11) is 0. The predicted octanol–water partition coefficient (Wildman–Crippen LogP) is 3.45. The van der Waals surface area contributed by atoms with Gasteiger partial charge >= 0.3 is 5.97 Å². The molecule has 2 N–H and O–H groups in total. The number of unbranched alkanes of at least 4 members (excludes halogenated alkanes) is 2. The van der Waals surface area contributed by atoms with E-state index >= 15 is 0 Å². The van der Waals surface area contributed by atoms with Crippen molar-refractivity contribution in [3.63, 3.8) is 0 Å². The Bertz CT molecular complexity index is 468. The second-order valence-electron chi connectivity index (χ2n) is 5.35. The fourth-order valence-corrected chi connectivity index (χ4v) is 3.24. The van der Waals surface area contributed by atoms with Crippen LogP contribution in [0.25, 0.3) is 0 Å². The van der Waals surface area contributed by atoms with E-state index in [-0.39, 0.29) is 12.3 Å². The van der Waals surface area contributed by atoms with Crippen LogP contribution in [0.1, 0.15) is 53.8 Å². The maximum absolute atomic E-state index is 11.7. The number of carboxylic acids is 1. The Morgan fingerprint density at radius 1 is 1.14 bits per heavy atom. The van der Waals surface area contributed by atoms with Crippen LogP contribution in [0.15, 0.2) is 6.07 Å². The Labute approximate surface area is 130 Å². The number of aliphatic carboxylic acids is 1. The van der Waals surface area contributed by atoms with E-state index in [0.717, 1.165) is 25.7 Å². The highest BCUT2D eigenvalue weighted by atomic mass is 32.1. The molecule has 0 atom stereocenters. The van der Waals surface area contributed by atoms with Crippen molar-refractivity contribution in [3.8, 4) is 0 Å². The molecule has 1 heterocycles. The van der Waals surface area contributed by atoms with Crippen molar-refractivity contribution in [2.45, 2.75) is 58.8 Å². The number of hydrogen-bond donors (Lipinski definition) is 2. The van der Waals surface area contributed by atoms with Gasteiger partial charge in [-0.15, -0.1) is 11.3 Å². The summed E-state index contributed by atoms with van der Waals surface area (Å²) in [5, 5.41) is 11.4. The van der Waals surface area contributed by atoms with Gasteiger partial charge in [0.1, 0.15) is 0 Å². The topological polar surface area (TPSA) is 66.4 Å². The summed E-state index contributed by atoms with van der Waals surface area (Å²) < 4.78 is 0. The maximum atomic E-state index is 11.7. The van der Waals surface area contributed by atoms with Gasteiger partial charge in [0.25, 0.3) is 0 Å². The van der Waals surface area contributed by atoms with Gasteiger partial charge in [-0.05, 0) is 51.2 Å². The van der Waals surface area contributed by atoms with Crippen LogP contribution in [-0.2, 0) is 16.0 Å². The van der Waals surface area contributed by atoms with Crippen LogP contribution in [0.4, 0.5) is 0 Å². The van der Waals surface area contributed by atoms with Crippen LogP contribution in [0.3, 0.4) is 0 Å². The molecule has 0 unspecified atom stereocenters. The molecule has 5 heteroatoms. The van der Waals surface area contributed by atoms with Gasteiger partial charge in [-0.3, -0.25) is 9.59 Å². The van der Waals surface area contributed by atoms with Crippen molar-refractivity contribution < 1.29 is 14.7 Å². The number of carboxylic acid groups (broad SMARTS) is 1. The first-order valence-electron chi connectivity index (χ1n) is 7.53. The Balaban J connectivity index is 2.04. The normalized spacial score (nSPS) is 10.6. The Morgan fingerprint density at radius 3 is 2.52 bits per heavy atom. The maximum Gasteiger partial charge on any atom is 0.303 e. The Kier molecular flexibility index (Phi) is 8.05. The molecule has 1 rings (SSSR count). The number of aryl methyl sites for hydroxylation is 3. The Morgan fingerprint density at radius 2 is 1.90 bits per heavy atom. The van der Waals surface area contributed by atoms with E-state index in [4.69, 9.17) is 5.11 Å². The van der Waals surface area contributed by atoms with Crippen molar-refractivity contribution >= 4 is 23.2 Å². The van der Waals surface area contributed by atoms with Gasteiger partial charge in [-0.2, -0.15) is 0 Å². The summed E-state index contributed by atoms with van der Waals surface area (Å²) in [4.78, 5) is 24.7. The minimum Gasteiger partial charge on any atom is -0.481 e. The van der Waals surface area contributed by atoms with E-state index in [1.807, 2.05) is 11.3 Å². The quantitative estimate of drug-likeness (QED) is 0.650. The van der Waals surface area contributed by atoms with Gasteiger partial charge in [0, 0.05) is 29.1 Å². The van der Waals surface area contributed by atoms with Crippen molar-refractivity contribution in [3.05, 3.63) is 21.4 Å². The van der Waals surface area contributed by atoms with Gasteiger partial charge in [0.15, 0.2) is 0 Å². The van der Waals surface area contributed by atoms with Crippen LogP contribution in [0.5, 0.6) is 0 Å². The van der Waals surface area contributed by atoms with Gasteiger partial charge in [0.2, 0.25) is 5.91 Å². The predicted molar refractivity (Wildman–Crippen MR) is 85.8 cm³/mol. The largest absolute Gasteiger partial charge is 0.481 e. The minimum atomic E-state index is -0.752. The molecule has 0 fully saturated rings. The molecule has 0 aromatic carbocycles. The lowest BCUT2D eigenvalue weighted by Gasteiger charge is -2.05. The third-order valence-electron chi connectivity index (χ3n) is 3.38. The summed E-state index contributed by atoms with van der Waals surface area (Å²) in [6.45, 7) is 4.89. The first-order valence-corrected chi connectivity index (χ1v) is 8.35. The molecule has 1 aromatic heterocycles. The second kappa shape index (κ2) is 9.55. The smallest absolute Gasteiger partial charge is 0.303 e. The molecule has 1 aromatic rings. The van der Waals surface area contributed by atoms with Gasteiger partial charge in [-0.25, -0.2) is 0 Å². The number of rotatable bonds is 10. The van der Waals surface area contributed by atoms with Crippen molar-refractivity contribution in [1.29, 1.82) is 0 Å². The number of carbonyl (C=O) groups excluding carboxylic acids is 1. The molecule has 0 aliphatic heterocycles. The number of nitrogens with one attached hydrogen (secondary N) is 1. The summed E-state index contributed by atoms with van der Waals surface area (Å²) in [5.41, 5.74) is 1.36. The highest BCUT2D eigenvalue weighted by molar-refractivity contribution is 7.12. The molecule has 0 aliphatic carbocycles. The minimum absolute atomic E-state index is 0.0952. The second-order valence-corrected chi connectivity index (χ2v) is 6.81. The zero-order chi connectivity index (χ0) is 15.7. The number of thiophene rings is 1. The van der Waals surface area contributed by atoms with E-state index in [9.17, 15) is 9.59 Å². The molecule has 118 valence electrons. The molecular formula is C16H25NO3S. The zero-order valence-corrected chi connectivity index (χ0v) is 13.7. The zero-order valence-electron chi connectivity index (χ0n) is 12.9. The molecule has 0 bridgehead atoms. The fourth-order valence-electron chi connectivity index (χ4n) is 2.27. The van der Waals surface area contributed by atoms with E-state index in [0.29, 0.717) is 19.4 Å². The summed E-state index contributed by atoms with van der Waals surface area (Å²) in [6, 6.07) is 2.21. The highest BCUT2D eigenvalue weighted by Crippen LogP contribution is 2.22. The number of carbonyl (C=O) groups is 2. The van der Waals surface area contributed by atoms with Crippen LogP contribution in [-0.4, -0.2) is 23.5 Å². The molecule has 0 saturated carbocycles. The number of hydrogen-bond acceptors (Lipinski definition) is 3. The van der Waals surface area contributed by atoms with Crippen molar-refractivity contribution in [2.75, 3.05) is 6.54 Å². The molecule has 0 radical (unpaired) electrons. The SMILES string of the molecule is Cc1cc(CCCC(=O)NCCCCCC(=O)O)c(C)s1. The summed E-state index contributed by atoms with van der Waals surface area (Å²) >= 11 is 1.81. The highest BCUT2D eigenvalue weighted by Gasteiger charge is 2.05. The van der Waals surface area contributed by atoms with Crippen LogP contribution in [0, 0.1) is 13.8 Å². The molecule has 0 saturated heterocycles. The van der Waals surface area contributed by atoms with Gasteiger partial charge in [0.05, 0.1) is 0 Å². The lowest BCUT2D eigenvalue weighted by molar-refractivity contribution is -0.137. The summed E-state index contributed by atoms with van der Waals surface area (Å²) in [5.74, 6) is -0.657. The average Bonchev–Trinajstić information content (AvgIpc) is 2.72. The first kappa shape index (κ1) is 17.7. The lowest BCUT2D eigenvalue weighted by Crippen LogP contribution is -2.24. The van der Waals surface area contributed by atoms with Gasteiger partial charge in [-0.1, -0.05) is 6.42 Å². The molecule has 1 amide bonds.